The van der Waals surface area contributed by atoms with Gasteiger partial charge in [-0.3, -0.25) is 4.79 Å². The number of ether oxygens (including phenoxy) is 1. The second-order valence-electron chi connectivity index (χ2n) is 7.46. The molecule has 1 aliphatic rings. The van der Waals surface area contributed by atoms with Gasteiger partial charge in [-0.1, -0.05) is 0 Å². The average Bonchev–Trinajstić information content (AvgIpc) is 3.38. The fourth-order valence-corrected chi connectivity index (χ4v) is 3.56. The van der Waals surface area contributed by atoms with E-state index in [-0.39, 0.29) is 17.8 Å². The molecule has 6 nitrogen and oxygen atoms in total. The zero-order valence-corrected chi connectivity index (χ0v) is 16.8. The smallest absolute Gasteiger partial charge is 0.417 e. The Hall–Kier alpha value is -3.36. The van der Waals surface area contributed by atoms with E-state index in [2.05, 4.69) is 15.4 Å². The lowest BCUT2D eigenvalue weighted by molar-refractivity contribution is -0.137. The van der Waals surface area contributed by atoms with Crippen molar-refractivity contribution in [3.63, 3.8) is 0 Å². The van der Waals surface area contributed by atoms with Gasteiger partial charge in [0.15, 0.2) is 5.82 Å². The Morgan fingerprint density at radius 1 is 1.10 bits per heavy atom. The van der Waals surface area contributed by atoms with Crippen LogP contribution in [0.3, 0.4) is 0 Å². The molecule has 4 rings (SSSR count). The molecule has 1 N–H and O–H groups in total. The zero-order valence-electron chi connectivity index (χ0n) is 16.8. The average molecular weight is 430 g/mol. The molecule has 2 heterocycles. The van der Waals surface area contributed by atoms with Crippen LogP contribution in [0.25, 0.3) is 5.82 Å². The number of rotatable bonds is 5. The summed E-state index contributed by atoms with van der Waals surface area (Å²) in [7, 11) is 0. The summed E-state index contributed by atoms with van der Waals surface area (Å²) >= 11 is 0. The fourth-order valence-electron chi connectivity index (χ4n) is 3.56. The van der Waals surface area contributed by atoms with Crippen molar-refractivity contribution in [2.24, 2.45) is 0 Å². The molecule has 1 amide bonds. The highest BCUT2D eigenvalue weighted by molar-refractivity contribution is 6.05. The van der Waals surface area contributed by atoms with Crippen molar-refractivity contribution < 1.29 is 22.7 Å². The molecule has 0 bridgehead atoms. The third-order valence-electron chi connectivity index (χ3n) is 5.26. The summed E-state index contributed by atoms with van der Waals surface area (Å²) in [6.45, 7) is 1.65. The normalized spacial score (nSPS) is 14.6. The minimum atomic E-state index is -4.46. The molecule has 3 aromatic rings. The summed E-state index contributed by atoms with van der Waals surface area (Å²) in [6.07, 6.45) is 2.40. The predicted molar refractivity (Wildman–Crippen MR) is 108 cm³/mol. The Morgan fingerprint density at radius 3 is 2.42 bits per heavy atom. The number of amides is 1. The van der Waals surface area contributed by atoms with E-state index in [1.54, 1.807) is 19.1 Å². The van der Waals surface area contributed by atoms with Gasteiger partial charge in [-0.15, -0.1) is 0 Å². The van der Waals surface area contributed by atoms with Crippen molar-refractivity contribution in [1.29, 1.82) is 0 Å². The summed E-state index contributed by atoms with van der Waals surface area (Å²) in [5.41, 5.74) is 0.516. The number of aromatic nitrogens is 3. The second-order valence-corrected chi connectivity index (χ2v) is 7.46. The Kier molecular flexibility index (Phi) is 5.67. The Morgan fingerprint density at radius 2 is 1.81 bits per heavy atom. The third kappa shape index (κ3) is 4.70. The lowest BCUT2D eigenvalue weighted by atomic mass is 10.2. The first-order valence-electron chi connectivity index (χ1n) is 9.97. The zero-order chi connectivity index (χ0) is 22.0. The van der Waals surface area contributed by atoms with Crippen LogP contribution in [0.5, 0.6) is 5.75 Å². The van der Waals surface area contributed by atoms with Crippen molar-refractivity contribution in [2.45, 2.75) is 44.9 Å². The van der Waals surface area contributed by atoms with Gasteiger partial charge < -0.3 is 10.1 Å². The molecular formula is C22H21F3N4O2. The highest BCUT2D eigenvalue weighted by Gasteiger charge is 2.30. The van der Waals surface area contributed by atoms with Crippen molar-refractivity contribution >= 4 is 11.6 Å². The van der Waals surface area contributed by atoms with E-state index in [9.17, 15) is 18.0 Å². The molecule has 1 aliphatic carbocycles. The molecular weight excluding hydrogens is 409 g/mol. The summed E-state index contributed by atoms with van der Waals surface area (Å²) in [6, 6.07) is 9.30. The number of hydrogen-bond acceptors (Lipinski definition) is 4. The quantitative estimate of drug-likeness (QED) is 0.607. The van der Waals surface area contributed by atoms with E-state index >= 15 is 0 Å². The van der Waals surface area contributed by atoms with E-state index in [0.717, 1.165) is 30.9 Å². The van der Waals surface area contributed by atoms with Crippen LogP contribution in [-0.4, -0.2) is 26.8 Å². The van der Waals surface area contributed by atoms with Crippen LogP contribution >= 0.6 is 0 Å². The Balaban J connectivity index is 1.44. The number of hydrogen-bond donors (Lipinski definition) is 1. The number of pyridine rings is 1. The Bertz CT molecular complexity index is 1050. The van der Waals surface area contributed by atoms with Gasteiger partial charge in [-0.2, -0.15) is 18.3 Å². The maximum atomic E-state index is 12.7. The minimum absolute atomic E-state index is 0.193. The Labute approximate surface area is 177 Å². The first-order chi connectivity index (χ1) is 14.8. The second kappa shape index (κ2) is 8.41. The number of anilines is 1. The molecule has 0 aliphatic heterocycles. The van der Waals surface area contributed by atoms with Crippen LogP contribution < -0.4 is 10.1 Å². The number of carbonyl (C=O) groups is 1. The number of benzene rings is 1. The molecule has 0 unspecified atom stereocenters. The van der Waals surface area contributed by atoms with Gasteiger partial charge in [0.2, 0.25) is 0 Å². The van der Waals surface area contributed by atoms with Crippen LogP contribution in [0.4, 0.5) is 18.9 Å². The van der Waals surface area contributed by atoms with Gasteiger partial charge in [-0.25, -0.2) is 9.67 Å². The van der Waals surface area contributed by atoms with Crippen LogP contribution in [0.1, 0.15) is 47.3 Å². The standard InChI is InChI=1S/C22H21F3N4O2/c1-14-19(13-27-29(14)20-11-6-15(12-26-20)22(23,24)25)21(30)28-16-7-9-18(10-8-16)31-17-4-2-3-5-17/h6-13,17H,2-5H2,1H3,(H,28,30). The number of alkyl halides is 3. The van der Waals surface area contributed by atoms with Gasteiger partial charge in [0.05, 0.1) is 29.1 Å². The predicted octanol–water partition coefficient (Wildman–Crippen LogP) is 5.17. The number of nitrogens with one attached hydrogen (secondary N) is 1. The molecule has 9 heteroatoms. The first-order valence-corrected chi connectivity index (χ1v) is 9.97. The number of halogens is 3. The molecule has 1 fully saturated rings. The van der Waals surface area contributed by atoms with Gasteiger partial charge >= 0.3 is 6.18 Å². The number of carbonyl (C=O) groups excluding carboxylic acids is 1. The van der Waals surface area contributed by atoms with Gasteiger partial charge in [0, 0.05) is 11.9 Å². The summed E-state index contributed by atoms with van der Waals surface area (Å²) in [5.74, 6) is 0.584. The third-order valence-corrected chi connectivity index (χ3v) is 5.26. The van der Waals surface area contributed by atoms with Crippen molar-refractivity contribution in [1.82, 2.24) is 14.8 Å². The molecule has 162 valence electrons. The summed E-state index contributed by atoms with van der Waals surface area (Å²) < 4.78 is 45.4. The molecule has 31 heavy (non-hydrogen) atoms. The van der Waals surface area contributed by atoms with E-state index in [1.807, 2.05) is 12.1 Å². The fraction of sp³-hybridized carbons (Fsp3) is 0.318. The monoisotopic (exact) mass is 430 g/mol. The lowest BCUT2D eigenvalue weighted by Crippen LogP contribution is -2.14. The van der Waals surface area contributed by atoms with Crippen LogP contribution in [-0.2, 0) is 6.18 Å². The van der Waals surface area contributed by atoms with E-state index in [1.165, 1.54) is 29.8 Å². The SMILES string of the molecule is Cc1c(C(=O)Nc2ccc(OC3CCCC3)cc2)cnn1-c1ccc(C(F)(F)F)cn1. The topological polar surface area (TPSA) is 69.0 Å². The molecule has 0 radical (unpaired) electrons. The van der Waals surface area contributed by atoms with Gasteiger partial charge in [0.25, 0.3) is 5.91 Å². The molecule has 1 aromatic carbocycles. The maximum Gasteiger partial charge on any atom is 0.417 e. The molecule has 0 spiro atoms. The van der Waals surface area contributed by atoms with Crippen LogP contribution in [0.15, 0.2) is 48.8 Å². The van der Waals surface area contributed by atoms with E-state index in [4.69, 9.17) is 4.74 Å². The summed E-state index contributed by atoms with van der Waals surface area (Å²) in [4.78, 5) is 16.5. The maximum absolute atomic E-state index is 12.7. The molecule has 1 saturated carbocycles. The van der Waals surface area contributed by atoms with Crippen LogP contribution in [0.2, 0.25) is 0 Å². The molecule has 0 atom stereocenters. The first kappa shape index (κ1) is 20.9. The van der Waals surface area contributed by atoms with Gasteiger partial charge in [-0.05, 0) is 69.0 Å². The van der Waals surface area contributed by atoms with Crippen molar-refractivity contribution in [3.8, 4) is 11.6 Å². The van der Waals surface area contributed by atoms with Crippen molar-refractivity contribution in [3.05, 3.63) is 65.6 Å². The van der Waals surface area contributed by atoms with Gasteiger partial charge in [0.1, 0.15) is 5.75 Å². The minimum Gasteiger partial charge on any atom is -0.490 e. The summed E-state index contributed by atoms with van der Waals surface area (Å²) in [5, 5.41) is 6.90. The van der Waals surface area contributed by atoms with E-state index in [0.29, 0.717) is 16.9 Å². The van der Waals surface area contributed by atoms with E-state index < -0.39 is 11.7 Å². The number of nitrogens with zero attached hydrogens (tertiary/aromatic N) is 3. The van der Waals surface area contributed by atoms with Crippen molar-refractivity contribution in [2.75, 3.05) is 5.32 Å². The highest BCUT2D eigenvalue weighted by atomic mass is 19.4. The lowest BCUT2D eigenvalue weighted by Gasteiger charge is -2.13. The molecule has 0 saturated heterocycles. The largest absolute Gasteiger partial charge is 0.490 e. The molecule has 2 aromatic heterocycles. The van der Waals surface area contributed by atoms with Crippen LogP contribution in [0, 0.1) is 6.92 Å². The highest BCUT2D eigenvalue weighted by Crippen LogP contribution is 2.29.